The van der Waals surface area contributed by atoms with Crippen LogP contribution in [0.2, 0.25) is 0 Å². The summed E-state index contributed by atoms with van der Waals surface area (Å²) >= 11 is 2.25. The van der Waals surface area contributed by atoms with E-state index in [2.05, 4.69) is 27.9 Å². The largest absolute Gasteiger partial charge is 0.339 e. The minimum Gasteiger partial charge on any atom is -0.339 e. The molecule has 1 aromatic carbocycles. The van der Waals surface area contributed by atoms with E-state index >= 15 is 0 Å². The van der Waals surface area contributed by atoms with Crippen LogP contribution in [0.4, 0.5) is 0 Å². The Morgan fingerprint density at radius 2 is 1.83 bits per heavy atom. The quantitative estimate of drug-likeness (QED) is 0.800. The topological polar surface area (TPSA) is 32.3 Å². The third-order valence-corrected chi connectivity index (χ3v) is 4.00. The molecule has 0 spiro atoms. The van der Waals surface area contributed by atoms with Gasteiger partial charge in [-0.1, -0.05) is 0 Å². The first-order valence-corrected chi connectivity index (χ1v) is 7.00. The van der Waals surface area contributed by atoms with Crippen LogP contribution in [0.3, 0.4) is 0 Å². The number of nitrogens with zero attached hydrogens (tertiary/aromatic N) is 1. The van der Waals surface area contributed by atoms with E-state index in [-0.39, 0.29) is 18.3 Å². The van der Waals surface area contributed by atoms with Gasteiger partial charge in [0.05, 0.1) is 0 Å². The minimum atomic E-state index is 0. The van der Waals surface area contributed by atoms with Gasteiger partial charge < -0.3 is 10.2 Å². The van der Waals surface area contributed by atoms with Crippen LogP contribution in [-0.2, 0) is 0 Å². The summed E-state index contributed by atoms with van der Waals surface area (Å²) in [6.07, 6.45) is 2.10. The highest BCUT2D eigenvalue weighted by Gasteiger charge is 2.22. The lowest BCUT2D eigenvalue weighted by Crippen LogP contribution is -2.43. The molecule has 1 N–H and O–H groups in total. The molecule has 0 aromatic heterocycles. The maximum atomic E-state index is 12.2. The summed E-state index contributed by atoms with van der Waals surface area (Å²) in [5, 5.41) is 3.27. The van der Waals surface area contributed by atoms with Crippen LogP contribution >= 0.6 is 35.0 Å². The highest BCUT2D eigenvalue weighted by molar-refractivity contribution is 14.1. The lowest BCUT2D eigenvalue weighted by molar-refractivity contribution is 0.0707. The number of likely N-dealkylation sites (tertiary alicyclic amines) is 1. The maximum Gasteiger partial charge on any atom is 0.253 e. The third kappa shape index (κ3) is 3.83. The van der Waals surface area contributed by atoms with Gasteiger partial charge in [-0.2, -0.15) is 0 Å². The Hall–Kier alpha value is -0.330. The number of rotatable bonds is 2. The summed E-state index contributed by atoms with van der Waals surface area (Å²) in [5.74, 6) is 0.163. The zero-order valence-corrected chi connectivity index (χ0v) is 13.3. The van der Waals surface area contributed by atoms with E-state index in [4.69, 9.17) is 0 Å². The van der Waals surface area contributed by atoms with E-state index in [1.807, 2.05) is 36.2 Å². The first-order valence-electron chi connectivity index (χ1n) is 5.93. The number of nitrogens with one attached hydrogen (secondary N) is 1. The molecule has 1 heterocycles. The number of carbonyl (C=O) groups excluding carboxylic acids is 1. The first-order chi connectivity index (χ1) is 8.20. The molecule has 1 aliphatic rings. The zero-order chi connectivity index (χ0) is 12.3. The maximum absolute atomic E-state index is 12.2. The molecule has 100 valence electrons. The molecule has 2 rings (SSSR count). The van der Waals surface area contributed by atoms with Crippen molar-refractivity contribution in [1.29, 1.82) is 0 Å². The van der Waals surface area contributed by atoms with E-state index in [0.29, 0.717) is 6.04 Å². The Kier molecular flexibility index (Phi) is 6.38. The van der Waals surface area contributed by atoms with Crippen molar-refractivity contribution in [2.75, 3.05) is 20.1 Å². The predicted octanol–water partition coefficient (Wildman–Crippen LogP) is 2.54. The number of piperidine rings is 1. The van der Waals surface area contributed by atoms with Crippen molar-refractivity contribution in [2.24, 2.45) is 0 Å². The Balaban J connectivity index is 0.00000162. The minimum absolute atomic E-state index is 0. The van der Waals surface area contributed by atoms with Crippen molar-refractivity contribution in [3.8, 4) is 0 Å². The number of hydrogen-bond donors (Lipinski definition) is 1. The predicted molar refractivity (Wildman–Crippen MR) is 84.4 cm³/mol. The van der Waals surface area contributed by atoms with Crippen LogP contribution in [0.5, 0.6) is 0 Å². The molecule has 18 heavy (non-hydrogen) atoms. The van der Waals surface area contributed by atoms with Crippen LogP contribution in [0.15, 0.2) is 24.3 Å². The standard InChI is InChI=1S/C13H17IN2O.ClH/c1-15-12-6-8-16(9-7-12)13(17)10-2-4-11(14)5-3-10;/h2-5,12,15H,6-9H2,1H3;1H. The van der Waals surface area contributed by atoms with Gasteiger partial charge in [-0.25, -0.2) is 0 Å². The fourth-order valence-corrected chi connectivity index (χ4v) is 2.51. The molecule has 1 aromatic rings. The van der Waals surface area contributed by atoms with Crippen molar-refractivity contribution in [2.45, 2.75) is 18.9 Å². The smallest absolute Gasteiger partial charge is 0.253 e. The van der Waals surface area contributed by atoms with Crippen molar-refractivity contribution < 1.29 is 4.79 Å². The SMILES string of the molecule is CNC1CCN(C(=O)c2ccc(I)cc2)CC1.Cl. The molecule has 0 aliphatic carbocycles. The molecule has 0 saturated carbocycles. The molecule has 1 fully saturated rings. The lowest BCUT2D eigenvalue weighted by atomic mass is 10.0. The molecule has 0 bridgehead atoms. The third-order valence-electron chi connectivity index (χ3n) is 3.28. The van der Waals surface area contributed by atoms with Crippen molar-refractivity contribution in [3.63, 3.8) is 0 Å². The van der Waals surface area contributed by atoms with Crippen LogP contribution < -0.4 is 5.32 Å². The summed E-state index contributed by atoms with van der Waals surface area (Å²) < 4.78 is 1.16. The Labute approximate surface area is 128 Å². The second kappa shape index (κ2) is 7.31. The van der Waals surface area contributed by atoms with Crippen LogP contribution in [0, 0.1) is 3.57 Å². The van der Waals surface area contributed by atoms with Gasteiger partial charge in [0, 0.05) is 28.3 Å². The van der Waals surface area contributed by atoms with Crippen LogP contribution in [0.25, 0.3) is 0 Å². The number of halogens is 2. The van der Waals surface area contributed by atoms with Gasteiger partial charge in [0.2, 0.25) is 0 Å². The highest BCUT2D eigenvalue weighted by atomic mass is 127. The zero-order valence-electron chi connectivity index (χ0n) is 10.4. The van der Waals surface area contributed by atoms with Gasteiger partial charge >= 0.3 is 0 Å². The molecular formula is C13H18ClIN2O. The summed E-state index contributed by atoms with van der Waals surface area (Å²) in [5.41, 5.74) is 0.799. The van der Waals surface area contributed by atoms with Crippen molar-refractivity contribution in [3.05, 3.63) is 33.4 Å². The molecule has 1 saturated heterocycles. The molecular weight excluding hydrogens is 363 g/mol. The lowest BCUT2D eigenvalue weighted by Gasteiger charge is -2.31. The van der Waals surface area contributed by atoms with E-state index in [1.54, 1.807) is 0 Å². The van der Waals surface area contributed by atoms with Crippen molar-refractivity contribution in [1.82, 2.24) is 10.2 Å². The number of amides is 1. The number of hydrogen-bond acceptors (Lipinski definition) is 2. The second-order valence-electron chi connectivity index (χ2n) is 4.36. The summed E-state index contributed by atoms with van der Waals surface area (Å²) in [6.45, 7) is 1.71. The molecule has 1 aliphatic heterocycles. The molecule has 1 amide bonds. The summed E-state index contributed by atoms with van der Waals surface area (Å²) in [6, 6.07) is 8.35. The first kappa shape index (κ1) is 15.7. The van der Waals surface area contributed by atoms with Gasteiger partial charge in [-0.05, 0) is 66.7 Å². The van der Waals surface area contributed by atoms with E-state index in [9.17, 15) is 4.79 Å². The van der Waals surface area contributed by atoms with Crippen molar-refractivity contribution >= 4 is 40.9 Å². The van der Waals surface area contributed by atoms with Gasteiger partial charge in [-0.15, -0.1) is 12.4 Å². The Morgan fingerprint density at radius 1 is 1.28 bits per heavy atom. The fraction of sp³-hybridized carbons (Fsp3) is 0.462. The van der Waals surface area contributed by atoms with Gasteiger partial charge in [0.25, 0.3) is 5.91 Å². The second-order valence-corrected chi connectivity index (χ2v) is 5.61. The van der Waals surface area contributed by atoms with Gasteiger partial charge in [-0.3, -0.25) is 4.79 Å². The summed E-state index contributed by atoms with van der Waals surface area (Å²) in [4.78, 5) is 14.2. The monoisotopic (exact) mass is 380 g/mol. The van der Waals surface area contributed by atoms with E-state index in [0.717, 1.165) is 35.1 Å². The fourth-order valence-electron chi connectivity index (χ4n) is 2.15. The molecule has 0 atom stereocenters. The highest BCUT2D eigenvalue weighted by Crippen LogP contribution is 2.14. The van der Waals surface area contributed by atoms with Crippen LogP contribution in [-0.4, -0.2) is 37.0 Å². The number of carbonyl (C=O) groups is 1. The van der Waals surface area contributed by atoms with Gasteiger partial charge in [0.1, 0.15) is 0 Å². The average Bonchev–Trinajstić information content (AvgIpc) is 2.39. The molecule has 5 heteroatoms. The normalized spacial score (nSPS) is 16.2. The molecule has 0 unspecified atom stereocenters. The Morgan fingerprint density at radius 3 is 2.33 bits per heavy atom. The molecule has 3 nitrogen and oxygen atoms in total. The van der Waals surface area contributed by atoms with E-state index < -0.39 is 0 Å². The Bertz CT molecular complexity index is 388. The van der Waals surface area contributed by atoms with E-state index in [1.165, 1.54) is 0 Å². The van der Waals surface area contributed by atoms with Gasteiger partial charge in [0.15, 0.2) is 0 Å². The average molecular weight is 381 g/mol. The summed E-state index contributed by atoms with van der Waals surface area (Å²) in [7, 11) is 1.99. The van der Waals surface area contributed by atoms with Crippen LogP contribution in [0.1, 0.15) is 23.2 Å². The number of benzene rings is 1. The molecule has 0 radical (unpaired) electrons.